The van der Waals surface area contributed by atoms with E-state index < -0.39 is 5.91 Å². The highest BCUT2D eigenvalue weighted by molar-refractivity contribution is 9.10. The molecule has 2 rings (SSSR count). The summed E-state index contributed by atoms with van der Waals surface area (Å²) < 4.78 is 6.11. The Hall–Kier alpha value is -2.58. The van der Waals surface area contributed by atoms with Gasteiger partial charge in [0.2, 0.25) is 0 Å². The molecule has 0 fully saturated rings. The molecule has 0 aliphatic carbocycles. The van der Waals surface area contributed by atoms with E-state index >= 15 is 0 Å². The lowest BCUT2D eigenvalue weighted by Gasteiger charge is -2.11. The molecule has 0 atom stereocenters. The minimum absolute atomic E-state index is 0.00838. The van der Waals surface area contributed by atoms with Crippen LogP contribution in [0.1, 0.15) is 16.7 Å². The van der Waals surface area contributed by atoms with Crippen molar-refractivity contribution >= 4 is 33.6 Å². The van der Waals surface area contributed by atoms with Gasteiger partial charge in [0.15, 0.2) is 0 Å². The number of carbonyl (C=O) groups is 1. The van der Waals surface area contributed by atoms with E-state index in [1.165, 1.54) is 6.08 Å². The number of nitrogens with zero attached hydrogens (tertiary/aromatic N) is 1. The first-order valence-electron chi connectivity index (χ1n) is 7.29. The summed E-state index contributed by atoms with van der Waals surface area (Å²) in [5.41, 5.74) is 3.28. The topological polar surface area (TPSA) is 62.1 Å². The quantitative estimate of drug-likeness (QED) is 0.617. The maximum atomic E-state index is 12.5. The Labute approximate surface area is 149 Å². The molecule has 2 aromatic rings. The highest BCUT2D eigenvalue weighted by Crippen LogP contribution is 2.26. The maximum absolute atomic E-state index is 12.5. The number of benzene rings is 2. The number of methoxy groups -OCH3 is 1. The number of amides is 1. The van der Waals surface area contributed by atoms with Crippen LogP contribution >= 0.6 is 15.9 Å². The average Bonchev–Trinajstić information content (AvgIpc) is 2.56. The van der Waals surface area contributed by atoms with E-state index in [-0.39, 0.29) is 5.57 Å². The van der Waals surface area contributed by atoms with Crippen molar-refractivity contribution in [1.29, 1.82) is 5.26 Å². The van der Waals surface area contributed by atoms with Gasteiger partial charge in [-0.05, 0) is 49.2 Å². The smallest absolute Gasteiger partial charge is 0.266 e. The second-order valence-corrected chi connectivity index (χ2v) is 6.19. The van der Waals surface area contributed by atoms with Gasteiger partial charge in [-0.2, -0.15) is 5.26 Å². The predicted molar refractivity (Wildman–Crippen MR) is 98.8 cm³/mol. The summed E-state index contributed by atoms with van der Waals surface area (Å²) in [4.78, 5) is 12.5. The molecule has 24 heavy (non-hydrogen) atoms. The molecule has 122 valence electrons. The minimum atomic E-state index is -0.447. The Bertz CT molecular complexity index is 831. The second kappa shape index (κ2) is 7.80. The summed E-state index contributed by atoms with van der Waals surface area (Å²) in [5, 5.41) is 12.2. The van der Waals surface area contributed by atoms with Gasteiger partial charge in [0.25, 0.3) is 5.91 Å². The SMILES string of the molecule is COc1ccc(Br)cc1/C=C(\C#N)C(=O)Nc1c(C)cccc1C. The zero-order valence-corrected chi connectivity index (χ0v) is 15.3. The fourth-order valence-electron chi connectivity index (χ4n) is 2.31. The standard InChI is InChI=1S/C19H17BrN2O2/c1-12-5-4-6-13(2)18(12)22-19(23)15(11-21)9-14-10-16(20)7-8-17(14)24-3/h4-10H,1-3H3,(H,22,23)/b15-9+. The van der Waals surface area contributed by atoms with Gasteiger partial charge in [0.05, 0.1) is 7.11 Å². The van der Waals surface area contributed by atoms with E-state index in [0.29, 0.717) is 11.3 Å². The molecular weight excluding hydrogens is 368 g/mol. The number of halogens is 1. The lowest BCUT2D eigenvalue weighted by molar-refractivity contribution is -0.112. The minimum Gasteiger partial charge on any atom is -0.496 e. The number of nitriles is 1. The highest BCUT2D eigenvalue weighted by atomic mass is 79.9. The molecule has 4 nitrogen and oxygen atoms in total. The van der Waals surface area contributed by atoms with Gasteiger partial charge in [-0.25, -0.2) is 0 Å². The monoisotopic (exact) mass is 384 g/mol. The van der Waals surface area contributed by atoms with Crippen LogP contribution in [0.5, 0.6) is 5.75 Å². The van der Waals surface area contributed by atoms with Crippen molar-refractivity contribution in [3.05, 3.63) is 63.1 Å². The molecule has 0 bridgehead atoms. The first kappa shape index (κ1) is 17.8. The maximum Gasteiger partial charge on any atom is 0.266 e. The van der Waals surface area contributed by atoms with Crippen molar-refractivity contribution in [2.45, 2.75) is 13.8 Å². The number of hydrogen-bond donors (Lipinski definition) is 1. The van der Waals surface area contributed by atoms with E-state index in [1.807, 2.05) is 44.2 Å². The molecule has 1 N–H and O–H groups in total. The summed E-state index contributed by atoms with van der Waals surface area (Å²) in [6.45, 7) is 3.82. The highest BCUT2D eigenvalue weighted by Gasteiger charge is 2.13. The van der Waals surface area contributed by atoms with E-state index in [4.69, 9.17) is 4.74 Å². The van der Waals surface area contributed by atoms with E-state index in [0.717, 1.165) is 21.3 Å². The molecule has 0 aliphatic heterocycles. The van der Waals surface area contributed by atoms with Crippen LogP contribution in [0.15, 0.2) is 46.4 Å². The molecular formula is C19H17BrN2O2. The lowest BCUT2D eigenvalue weighted by Crippen LogP contribution is -2.15. The van der Waals surface area contributed by atoms with E-state index in [2.05, 4.69) is 21.2 Å². The van der Waals surface area contributed by atoms with Gasteiger partial charge >= 0.3 is 0 Å². The zero-order chi connectivity index (χ0) is 17.7. The third-order valence-electron chi connectivity index (χ3n) is 3.58. The summed E-state index contributed by atoms with van der Waals surface area (Å²) in [7, 11) is 1.55. The molecule has 5 heteroatoms. The number of anilines is 1. The van der Waals surface area contributed by atoms with Crippen LogP contribution in [-0.4, -0.2) is 13.0 Å². The van der Waals surface area contributed by atoms with Gasteiger partial charge in [-0.3, -0.25) is 4.79 Å². The number of carbonyl (C=O) groups excluding carboxylic acids is 1. The number of hydrogen-bond acceptors (Lipinski definition) is 3. The summed E-state index contributed by atoms with van der Waals surface area (Å²) in [5.74, 6) is 0.141. The molecule has 0 heterocycles. The van der Waals surface area contributed by atoms with Crippen LogP contribution in [0.25, 0.3) is 6.08 Å². The summed E-state index contributed by atoms with van der Waals surface area (Å²) in [6, 6.07) is 13.1. The fourth-order valence-corrected chi connectivity index (χ4v) is 2.69. The number of ether oxygens (including phenoxy) is 1. The summed E-state index contributed by atoms with van der Waals surface area (Å²) >= 11 is 3.38. The third kappa shape index (κ3) is 4.03. The molecule has 0 aliphatic rings. The predicted octanol–water partition coefficient (Wildman–Crippen LogP) is 4.62. The Balaban J connectivity index is 2.37. The van der Waals surface area contributed by atoms with Gasteiger partial charge in [0.1, 0.15) is 17.4 Å². The lowest BCUT2D eigenvalue weighted by atomic mass is 10.1. The van der Waals surface area contributed by atoms with Gasteiger partial charge < -0.3 is 10.1 Å². The van der Waals surface area contributed by atoms with Crippen molar-refractivity contribution in [2.75, 3.05) is 12.4 Å². The van der Waals surface area contributed by atoms with Crippen molar-refractivity contribution < 1.29 is 9.53 Å². The fraction of sp³-hybridized carbons (Fsp3) is 0.158. The van der Waals surface area contributed by atoms with Gasteiger partial charge in [0, 0.05) is 15.7 Å². The zero-order valence-electron chi connectivity index (χ0n) is 13.7. The number of nitrogens with one attached hydrogen (secondary N) is 1. The van der Waals surface area contributed by atoms with Gasteiger partial charge in [-0.15, -0.1) is 0 Å². The Morgan fingerprint density at radius 3 is 2.50 bits per heavy atom. The van der Waals surface area contributed by atoms with Crippen LogP contribution in [-0.2, 0) is 4.79 Å². The molecule has 1 amide bonds. The third-order valence-corrected chi connectivity index (χ3v) is 4.07. The normalized spacial score (nSPS) is 10.9. The van der Waals surface area contributed by atoms with Crippen molar-refractivity contribution in [3.63, 3.8) is 0 Å². The molecule has 0 radical (unpaired) electrons. The molecule has 0 aromatic heterocycles. The average molecular weight is 385 g/mol. The van der Waals surface area contributed by atoms with E-state index in [1.54, 1.807) is 19.2 Å². The van der Waals surface area contributed by atoms with Crippen LogP contribution in [0.2, 0.25) is 0 Å². The van der Waals surface area contributed by atoms with Crippen LogP contribution in [0.3, 0.4) is 0 Å². The van der Waals surface area contributed by atoms with Crippen LogP contribution < -0.4 is 10.1 Å². The molecule has 2 aromatic carbocycles. The molecule has 0 saturated carbocycles. The largest absolute Gasteiger partial charge is 0.496 e. The molecule has 0 saturated heterocycles. The molecule has 0 spiro atoms. The molecule has 0 unspecified atom stereocenters. The first-order chi connectivity index (χ1) is 11.5. The number of aryl methyl sites for hydroxylation is 2. The Kier molecular flexibility index (Phi) is 5.78. The van der Waals surface area contributed by atoms with Crippen molar-refractivity contribution in [1.82, 2.24) is 0 Å². The van der Waals surface area contributed by atoms with Crippen LogP contribution in [0, 0.1) is 25.2 Å². The number of para-hydroxylation sites is 1. The Morgan fingerprint density at radius 1 is 1.25 bits per heavy atom. The van der Waals surface area contributed by atoms with E-state index in [9.17, 15) is 10.1 Å². The van der Waals surface area contributed by atoms with Gasteiger partial charge in [-0.1, -0.05) is 34.1 Å². The number of rotatable bonds is 4. The Morgan fingerprint density at radius 2 is 1.92 bits per heavy atom. The van der Waals surface area contributed by atoms with Crippen molar-refractivity contribution in [2.24, 2.45) is 0 Å². The first-order valence-corrected chi connectivity index (χ1v) is 8.08. The van der Waals surface area contributed by atoms with Crippen LogP contribution in [0.4, 0.5) is 5.69 Å². The summed E-state index contributed by atoms with van der Waals surface area (Å²) in [6.07, 6.45) is 1.52. The second-order valence-electron chi connectivity index (χ2n) is 5.28. The van der Waals surface area contributed by atoms with Crippen molar-refractivity contribution in [3.8, 4) is 11.8 Å².